The minimum atomic E-state index is -0.624. The average molecular weight is 252 g/mol. The summed E-state index contributed by atoms with van der Waals surface area (Å²) < 4.78 is 13.0. The standard InChI is InChI=1S/C13H17FN2O2/c14-11-3-1-2-9(13(11)18)8-15-7-6-12(17)16-10-4-5-10/h1-3,10,15,18H,4-8H2,(H,16,17). The highest BCUT2D eigenvalue weighted by molar-refractivity contribution is 5.76. The van der Waals surface area contributed by atoms with Gasteiger partial charge in [-0.05, 0) is 18.9 Å². The normalized spacial score (nSPS) is 14.5. The molecule has 0 aromatic heterocycles. The van der Waals surface area contributed by atoms with Crippen LogP contribution in [0.2, 0.25) is 0 Å². The topological polar surface area (TPSA) is 61.4 Å². The smallest absolute Gasteiger partial charge is 0.221 e. The molecule has 0 radical (unpaired) electrons. The lowest BCUT2D eigenvalue weighted by Gasteiger charge is -2.07. The van der Waals surface area contributed by atoms with Gasteiger partial charge < -0.3 is 15.7 Å². The van der Waals surface area contributed by atoms with Crippen molar-refractivity contribution in [2.45, 2.75) is 31.8 Å². The maximum absolute atomic E-state index is 13.0. The van der Waals surface area contributed by atoms with Gasteiger partial charge in [-0.25, -0.2) is 4.39 Å². The predicted molar refractivity (Wildman–Crippen MR) is 65.6 cm³/mol. The van der Waals surface area contributed by atoms with E-state index in [9.17, 15) is 14.3 Å². The first-order chi connectivity index (χ1) is 8.66. The Morgan fingerprint density at radius 3 is 2.94 bits per heavy atom. The summed E-state index contributed by atoms with van der Waals surface area (Å²) in [4.78, 5) is 11.4. The van der Waals surface area contributed by atoms with Gasteiger partial charge in [-0.3, -0.25) is 4.79 Å². The fraction of sp³-hybridized carbons (Fsp3) is 0.462. The molecule has 0 heterocycles. The first-order valence-electron chi connectivity index (χ1n) is 6.13. The van der Waals surface area contributed by atoms with E-state index < -0.39 is 5.82 Å². The van der Waals surface area contributed by atoms with Crippen LogP contribution in [0, 0.1) is 5.82 Å². The van der Waals surface area contributed by atoms with E-state index in [4.69, 9.17) is 0 Å². The van der Waals surface area contributed by atoms with Gasteiger partial charge in [0, 0.05) is 31.1 Å². The zero-order chi connectivity index (χ0) is 13.0. The van der Waals surface area contributed by atoms with Gasteiger partial charge in [-0.2, -0.15) is 0 Å². The van der Waals surface area contributed by atoms with Crippen LogP contribution in [-0.4, -0.2) is 23.6 Å². The van der Waals surface area contributed by atoms with Crippen LogP contribution >= 0.6 is 0 Å². The number of amides is 1. The lowest BCUT2D eigenvalue weighted by Crippen LogP contribution is -2.29. The summed E-state index contributed by atoms with van der Waals surface area (Å²) in [6.45, 7) is 0.856. The third kappa shape index (κ3) is 3.70. The molecule has 1 aromatic carbocycles. The molecule has 0 saturated heterocycles. The molecule has 1 fully saturated rings. The van der Waals surface area contributed by atoms with Gasteiger partial charge in [0.2, 0.25) is 5.91 Å². The largest absolute Gasteiger partial charge is 0.505 e. The van der Waals surface area contributed by atoms with Crippen molar-refractivity contribution in [3.8, 4) is 5.75 Å². The first kappa shape index (κ1) is 12.8. The number of hydrogen-bond donors (Lipinski definition) is 3. The van der Waals surface area contributed by atoms with Crippen molar-refractivity contribution in [1.82, 2.24) is 10.6 Å². The second-order valence-electron chi connectivity index (χ2n) is 4.52. The number of halogens is 1. The van der Waals surface area contributed by atoms with Crippen LogP contribution in [-0.2, 0) is 11.3 Å². The zero-order valence-corrected chi connectivity index (χ0v) is 10.1. The third-order valence-electron chi connectivity index (χ3n) is 2.86. The van der Waals surface area contributed by atoms with Gasteiger partial charge >= 0.3 is 0 Å². The van der Waals surface area contributed by atoms with Gasteiger partial charge in [0.15, 0.2) is 11.6 Å². The fourth-order valence-corrected chi connectivity index (χ4v) is 1.66. The fourth-order valence-electron chi connectivity index (χ4n) is 1.66. The van der Waals surface area contributed by atoms with Gasteiger partial charge in [0.25, 0.3) is 0 Å². The molecule has 0 aliphatic heterocycles. The Morgan fingerprint density at radius 1 is 1.44 bits per heavy atom. The molecule has 0 atom stereocenters. The second-order valence-corrected chi connectivity index (χ2v) is 4.52. The number of phenolic OH excluding ortho intramolecular Hbond substituents is 1. The van der Waals surface area contributed by atoms with Crippen LogP contribution in [0.3, 0.4) is 0 Å². The van der Waals surface area contributed by atoms with E-state index in [0.29, 0.717) is 31.1 Å². The molecule has 1 saturated carbocycles. The minimum absolute atomic E-state index is 0.0356. The number of phenols is 1. The third-order valence-corrected chi connectivity index (χ3v) is 2.86. The van der Waals surface area contributed by atoms with Crippen LogP contribution < -0.4 is 10.6 Å². The van der Waals surface area contributed by atoms with E-state index in [-0.39, 0.29) is 11.7 Å². The molecule has 0 unspecified atom stereocenters. The molecule has 98 valence electrons. The Morgan fingerprint density at radius 2 is 2.22 bits per heavy atom. The number of benzene rings is 1. The van der Waals surface area contributed by atoms with E-state index in [1.807, 2.05) is 0 Å². The lowest BCUT2D eigenvalue weighted by atomic mass is 10.2. The Labute approximate surface area is 105 Å². The number of aromatic hydroxyl groups is 1. The van der Waals surface area contributed by atoms with E-state index in [1.54, 1.807) is 12.1 Å². The predicted octanol–water partition coefficient (Wildman–Crippen LogP) is 1.29. The van der Waals surface area contributed by atoms with Crippen molar-refractivity contribution in [2.75, 3.05) is 6.54 Å². The summed E-state index contributed by atoms with van der Waals surface area (Å²) in [5.41, 5.74) is 0.498. The summed E-state index contributed by atoms with van der Waals surface area (Å²) in [5, 5.41) is 15.3. The molecule has 5 heteroatoms. The maximum atomic E-state index is 13.0. The van der Waals surface area contributed by atoms with Gasteiger partial charge in [-0.1, -0.05) is 12.1 Å². The van der Waals surface area contributed by atoms with E-state index >= 15 is 0 Å². The highest BCUT2D eigenvalue weighted by Gasteiger charge is 2.22. The summed E-state index contributed by atoms with van der Waals surface area (Å²) in [6, 6.07) is 4.79. The van der Waals surface area contributed by atoms with Gasteiger partial charge in [0.05, 0.1) is 0 Å². The highest BCUT2D eigenvalue weighted by atomic mass is 19.1. The van der Waals surface area contributed by atoms with Crippen LogP contribution in [0.5, 0.6) is 5.75 Å². The quantitative estimate of drug-likeness (QED) is 0.669. The van der Waals surface area contributed by atoms with Crippen molar-refractivity contribution >= 4 is 5.91 Å². The second kappa shape index (κ2) is 5.82. The summed E-state index contributed by atoms with van der Waals surface area (Å²) in [5.74, 6) is -0.915. The number of para-hydroxylation sites is 1. The Balaban J connectivity index is 1.68. The van der Waals surface area contributed by atoms with Crippen molar-refractivity contribution in [3.05, 3.63) is 29.6 Å². The Kier molecular flexibility index (Phi) is 4.15. The Hall–Kier alpha value is -1.62. The van der Waals surface area contributed by atoms with Crippen LogP contribution in [0.1, 0.15) is 24.8 Å². The van der Waals surface area contributed by atoms with E-state index in [0.717, 1.165) is 12.8 Å². The molecule has 18 heavy (non-hydrogen) atoms. The minimum Gasteiger partial charge on any atom is -0.505 e. The molecule has 1 aliphatic rings. The first-order valence-corrected chi connectivity index (χ1v) is 6.13. The lowest BCUT2D eigenvalue weighted by molar-refractivity contribution is -0.121. The van der Waals surface area contributed by atoms with Gasteiger partial charge in [-0.15, -0.1) is 0 Å². The average Bonchev–Trinajstić information content (AvgIpc) is 3.13. The number of rotatable bonds is 6. The van der Waals surface area contributed by atoms with Crippen molar-refractivity contribution in [2.24, 2.45) is 0 Å². The molecule has 3 N–H and O–H groups in total. The van der Waals surface area contributed by atoms with Crippen LogP contribution in [0.15, 0.2) is 18.2 Å². The molecule has 1 aromatic rings. The number of hydrogen-bond acceptors (Lipinski definition) is 3. The van der Waals surface area contributed by atoms with E-state index in [2.05, 4.69) is 10.6 Å². The SMILES string of the molecule is O=C(CCNCc1cccc(F)c1O)NC1CC1. The molecule has 0 bridgehead atoms. The van der Waals surface area contributed by atoms with Crippen LogP contribution in [0.25, 0.3) is 0 Å². The van der Waals surface area contributed by atoms with Crippen LogP contribution in [0.4, 0.5) is 4.39 Å². The van der Waals surface area contributed by atoms with Crippen molar-refractivity contribution < 1.29 is 14.3 Å². The maximum Gasteiger partial charge on any atom is 0.221 e. The number of nitrogens with one attached hydrogen (secondary N) is 2. The van der Waals surface area contributed by atoms with E-state index in [1.165, 1.54) is 6.07 Å². The van der Waals surface area contributed by atoms with Gasteiger partial charge in [0.1, 0.15) is 0 Å². The highest BCUT2D eigenvalue weighted by Crippen LogP contribution is 2.20. The monoisotopic (exact) mass is 252 g/mol. The number of carbonyl (C=O) groups is 1. The molecule has 4 nitrogen and oxygen atoms in total. The number of carbonyl (C=O) groups excluding carboxylic acids is 1. The molecular weight excluding hydrogens is 235 g/mol. The van der Waals surface area contributed by atoms with Crippen molar-refractivity contribution in [3.63, 3.8) is 0 Å². The molecule has 1 aliphatic carbocycles. The summed E-state index contributed by atoms with van der Waals surface area (Å²) in [7, 11) is 0. The summed E-state index contributed by atoms with van der Waals surface area (Å²) in [6.07, 6.45) is 2.55. The zero-order valence-electron chi connectivity index (χ0n) is 10.1. The molecule has 0 spiro atoms. The summed E-state index contributed by atoms with van der Waals surface area (Å²) >= 11 is 0. The Bertz CT molecular complexity index is 433. The molecule has 1 amide bonds. The van der Waals surface area contributed by atoms with Crippen molar-refractivity contribution in [1.29, 1.82) is 0 Å². The molecule has 2 rings (SSSR count). The molecular formula is C13H17FN2O2.